The number of fused-ring (bicyclic) bond motifs is 1. The number of benzene rings is 2. The second-order valence-electron chi connectivity index (χ2n) is 5.41. The lowest BCUT2D eigenvalue weighted by atomic mass is 9.99. The molecule has 108 valence electrons. The van der Waals surface area contributed by atoms with Crippen molar-refractivity contribution in [2.24, 2.45) is 5.73 Å². The van der Waals surface area contributed by atoms with E-state index in [1.165, 1.54) is 17.2 Å². The van der Waals surface area contributed by atoms with Crippen molar-refractivity contribution >= 4 is 17.2 Å². The minimum absolute atomic E-state index is 0.110. The summed E-state index contributed by atoms with van der Waals surface area (Å²) in [5.41, 5.74) is 9.73. The van der Waals surface area contributed by atoms with Gasteiger partial charge in [0.05, 0.1) is 0 Å². The van der Waals surface area contributed by atoms with Crippen LogP contribution in [-0.2, 0) is 19.5 Å². The number of nitrogens with zero attached hydrogens (tertiary/aromatic N) is 1. The lowest BCUT2D eigenvalue weighted by molar-refractivity contribution is 0.245. The molecule has 2 nitrogen and oxygen atoms in total. The Bertz CT molecular complexity index is 684. The molecule has 1 heterocycles. The van der Waals surface area contributed by atoms with Crippen molar-refractivity contribution in [1.29, 1.82) is 0 Å². The topological polar surface area (TPSA) is 29.3 Å². The lowest BCUT2D eigenvalue weighted by Gasteiger charge is -2.28. The number of thiocarbonyl (C=S) groups is 1. The SMILES string of the molecule is NC(=S)c1cc(CN2CCc3ccccc3C2)ccc1F. The maximum Gasteiger partial charge on any atom is 0.133 e. The average molecular weight is 300 g/mol. The molecule has 0 saturated carbocycles. The molecule has 2 aromatic rings. The van der Waals surface area contributed by atoms with Crippen LogP contribution < -0.4 is 5.73 Å². The summed E-state index contributed by atoms with van der Waals surface area (Å²) in [5, 5.41) is 0. The van der Waals surface area contributed by atoms with Crippen molar-refractivity contribution in [1.82, 2.24) is 4.90 Å². The second-order valence-corrected chi connectivity index (χ2v) is 5.85. The fourth-order valence-electron chi connectivity index (χ4n) is 2.81. The number of rotatable bonds is 3. The normalized spacial score (nSPS) is 14.7. The quantitative estimate of drug-likeness (QED) is 0.884. The molecular formula is C17H17FN2S. The third-order valence-corrected chi connectivity index (χ3v) is 4.13. The Morgan fingerprint density at radius 1 is 1.19 bits per heavy atom. The van der Waals surface area contributed by atoms with Crippen LogP contribution in [0.15, 0.2) is 42.5 Å². The molecule has 3 rings (SSSR count). The van der Waals surface area contributed by atoms with Crippen LogP contribution in [-0.4, -0.2) is 16.4 Å². The number of hydrogen-bond donors (Lipinski definition) is 1. The maximum absolute atomic E-state index is 13.6. The van der Waals surface area contributed by atoms with Gasteiger partial charge in [-0.3, -0.25) is 4.90 Å². The van der Waals surface area contributed by atoms with Crippen LogP contribution >= 0.6 is 12.2 Å². The van der Waals surface area contributed by atoms with Crippen molar-refractivity contribution in [2.45, 2.75) is 19.5 Å². The van der Waals surface area contributed by atoms with E-state index in [1.807, 2.05) is 0 Å². The summed E-state index contributed by atoms with van der Waals surface area (Å²) in [6.45, 7) is 2.72. The van der Waals surface area contributed by atoms with E-state index in [0.717, 1.165) is 31.6 Å². The Labute approximate surface area is 129 Å². The third kappa shape index (κ3) is 3.12. The highest BCUT2D eigenvalue weighted by Gasteiger charge is 2.16. The lowest BCUT2D eigenvalue weighted by Crippen LogP contribution is -2.30. The highest BCUT2D eigenvalue weighted by atomic mass is 32.1. The summed E-state index contributed by atoms with van der Waals surface area (Å²) in [4.78, 5) is 2.47. The van der Waals surface area contributed by atoms with Crippen LogP contribution in [0.2, 0.25) is 0 Å². The largest absolute Gasteiger partial charge is 0.389 e. The highest BCUT2D eigenvalue weighted by molar-refractivity contribution is 7.80. The average Bonchev–Trinajstić information content (AvgIpc) is 2.49. The van der Waals surface area contributed by atoms with E-state index in [0.29, 0.717) is 5.56 Å². The van der Waals surface area contributed by atoms with Crippen LogP contribution in [0.4, 0.5) is 4.39 Å². The number of nitrogens with two attached hydrogens (primary N) is 1. The molecule has 0 spiro atoms. The number of hydrogen-bond acceptors (Lipinski definition) is 2. The molecule has 4 heteroatoms. The zero-order chi connectivity index (χ0) is 14.8. The van der Waals surface area contributed by atoms with Gasteiger partial charge in [-0.15, -0.1) is 0 Å². The van der Waals surface area contributed by atoms with Gasteiger partial charge in [0.25, 0.3) is 0 Å². The summed E-state index contributed by atoms with van der Waals surface area (Å²) in [7, 11) is 0. The summed E-state index contributed by atoms with van der Waals surface area (Å²) >= 11 is 4.89. The van der Waals surface area contributed by atoms with E-state index < -0.39 is 0 Å². The first kappa shape index (κ1) is 14.2. The molecule has 0 bridgehead atoms. The van der Waals surface area contributed by atoms with E-state index in [-0.39, 0.29) is 10.8 Å². The van der Waals surface area contributed by atoms with Crippen molar-refractivity contribution < 1.29 is 4.39 Å². The predicted octanol–water partition coefficient (Wildman–Crippen LogP) is 3.02. The van der Waals surface area contributed by atoms with Gasteiger partial charge in [0.1, 0.15) is 10.8 Å². The maximum atomic E-state index is 13.6. The fraction of sp³-hybridized carbons (Fsp3) is 0.235. The Morgan fingerprint density at radius 2 is 1.95 bits per heavy atom. The van der Waals surface area contributed by atoms with Crippen LogP contribution in [0.3, 0.4) is 0 Å². The molecule has 21 heavy (non-hydrogen) atoms. The Kier molecular flexibility index (Phi) is 3.99. The minimum Gasteiger partial charge on any atom is -0.389 e. The zero-order valence-electron chi connectivity index (χ0n) is 11.7. The molecule has 1 aliphatic heterocycles. The standard InChI is InChI=1S/C17H17FN2S/c18-16-6-5-12(9-15(16)17(19)21)10-20-8-7-13-3-1-2-4-14(13)11-20/h1-6,9H,7-8,10-11H2,(H2,19,21). The van der Waals surface area contributed by atoms with Crippen molar-refractivity contribution in [2.75, 3.05) is 6.54 Å². The molecule has 2 N–H and O–H groups in total. The van der Waals surface area contributed by atoms with Gasteiger partial charge in [-0.1, -0.05) is 42.5 Å². The van der Waals surface area contributed by atoms with Crippen molar-refractivity contribution in [3.8, 4) is 0 Å². The summed E-state index contributed by atoms with van der Waals surface area (Å²) in [6, 6.07) is 13.5. The third-order valence-electron chi connectivity index (χ3n) is 3.91. The Balaban J connectivity index is 1.76. The van der Waals surface area contributed by atoms with Crippen LogP contribution in [0.1, 0.15) is 22.3 Å². The minimum atomic E-state index is -0.352. The smallest absolute Gasteiger partial charge is 0.133 e. The first-order valence-electron chi connectivity index (χ1n) is 7.01. The van der Waals surface area contributed by atoms with Gasteiger partial charge in [0, 0.05) is 25.2 Å². The first-order chi connectivity index (χ1) is 10.1. The molecule has 0 radical (unpaired) electrons. The molecule has 0 atom stereocenters. The fourth-order valence-corrected chi connectivity index (χ4v) is 2.96. The highest BCUT2D eigenvalue weighted by Crippen LogP contribution is 2.21. The Hall–Kier alpha value is -1.78. The molecule has 2 aromatic carbocycles. The van der Waals surface area contributed by atoms with Crippen LogP contribution in [0.5, 0.6) is 0 Å². The molecule has 0 aliphatic carbocycles. The van der Waals surface area contributed by atoms with Crippen molar-refractivity contribution in [3.05, 3.63) is 70.5 Å². The molecule has 0 aromatic heterocycles. The number of halogens is 1. The van der Waals surface area contributed by atoms with Crippen LogP contribution in [0.25, 0.3) is 0 Å². The van der Waals surface area contributed by atoms with Gasteiger partial charge in [-0.25, -0.2) is 4.39 Å². The van der Waals surface area contributed by atoms with Gasteiger partial charge in [0.15, 0.2) is 0 Å². The summed E-state index contributed by atoms with van der Waals surface area (Å²) < 4.78 is 13.6. The van der Waals surface area contributed by atoms with Gasteiger partial charge >= 0.3 is 0 Å². The summed E-state index contributed by atoms with van der Waals surface area (Å²) in [5.74, 6) is -0.352. The molecule has 1 aliphatic rings. The molecule has 0 amide bonds. The monoisotopic (exact) mass is 300 g/mol. The molecule has 0 fully saturated rings. The van der Waals surface area contributed by atoms with Crippen molar-refractivity contribution in [3.63, 3.8) is 0 Å². The van der Waals surface area contributed by atoms with E-state index >= 15 is 0 Å². The van der Waals surface area contributed by atoms with Gasteiger partial charge in [0.2, 0.25) is 0 Å². The van der Waals surface area contributed by atoms with E-state index in [9.17, 15) is 4.39 Å². The molecule has 0 saturated heterocycles. The van der Waals surface area contributed by atoms with E-state index in [2.05, 4.69) is 29.2 Å². The predicted molar refractivity (Wildman–Crippen MR) is 86.5 cm³/mol. The summed E-state index contributed by atoms with van der Waals surface area (Å²) in [6.07, 6.45) is 1.06. The van der Waals surface area contributed by atoms with E-state index in [4.69, 9.17) is 18.0 Å². The van der Waals surface area contributed by atoms with E-state index in [1.54, 1.807) is 12.1 Å². The van der Waals surface area contributed by atoms with Gasteiger partial charge in [-0.2, -0.15) is 0 Å². The zero-order valence-corrected chi connectivity index (χ0v) is 12.5. The molecule has 0 unspecified atom stereocenters. The second kappa shape index (κ2) is 5.92. The Morgan fingerprint density at radius 3 is 2.71 bits per heavy atom. The first-order valence-corrected chi connectivity index (χ1v) is 7.41. The molecular weight excluding hydrogens is 283 g/mol. The van der Waals surface area contributed by atoms with Gasteiger partial charge < -0.3 is 5.73 Å². The van der Waals surface area contributed by atoms with Crippen LogP contribution in [0, 0.1) is 5.82 Å². The van der Waals surface area contributed by atoms with Gasteiger partial charge in [-0.05, 0) is 35.2 Å².